The zero-order valence-electron chi connectivity index (χ0n) is 9.10. The molecule has 0 aromatic heterocycles. The van der Waals surface area contributed by atoms with Gasteiger partial charge in [0.1, 0.15) is 5.82 Å². The number of nitrogens with two attached hydrogens (primary N) is 2. The molecule has 1 aromatic rings. The number of halogens is 4. The molecule has 0 radical (unpaired) electrons. The van der Waals surface area contributed by atoms with Gasteiger partial charge < -0.3 is 11.5 Å². The van der Waals surface area contributed by atoms with E-state index in [-0.39, 0.29) is 5.56 Å². The Labute approximate surface area is 96.6 Å². The third kappa shape index (κ3) is 3.41. The van der Waals surface area contributed by atoms with Gasteiger partial charge in [0.2, 0.25) is 0 Å². The van der Waals surface area contributed by atoms with E-state index in [0.29, 0.717) is 25.5 Å². The van der Waals surface area contributed by atoms with Gasteiger partial charge >= 0.3 is 6.18 Å². The first-order chi connectivity index (χ1) is 7.88. The first kappa shape index (κ1) is 13.9. The Morgan fingerprint density at radius 1 is 1.24 bits per heavy atom. The second kappa shape index (κ2) is 5.46. The molecule has 0 aliphatic carbocycles. The van der Waals surface area contributed by atoms with Crippen LogP contribution in [-0.2, 0) is 6.18 Å². The van der Waals surface area contributed by atoms with Gasteiger partial charge in [0.25, 0.3) is 0 Å². The van der Waals surface area contributed by atoms with E-state index in [1.807, 2.05) is 0 Å². The molecule has 17 heavy (non-hydrogen) atoms. The molecule has 0 unspecified atom stereocenters. The second-order valence-corrected chi connectivity index (χ2v) is 3.74. The highest BCUT2D eigenvalue weighted by Crippen LogP contribution is 2.34. The van der Waals surface area contributed by atoms with Crippen molar-refractivity contribution in [3.8, 4) is 0 Å². The molecule has 4 N–H and O–H groups in total. The lowest BCUT2D eigenvalue weighted by Gasteiger charge is -2.15. The van der Waals surface area contributed by atoms with Crippen LogP contribution in [0.15, 0.2) is 18.2 Å². The van der Waals surface area contributed by atoms with Gasteiger partial charge in [-0.2, -0.15) is 13.2 Å². The van der Waals surface area contributed by atoms with Crippen molar-refractivity contribution in [2.75, 3.05) is 6.54 Å². The third-order valence-corrected chi connectivity index (χ3v) is 2.45. The highest BCUT2D eigenvalue weighted by Gasteiger charge is 2.35. The summed E-state index contributed by atoms with van der Waals surface area (Å²) in [6.07, 6.45) is -3.81. The molecule has 1 atom stereocenters. The van der Waals surface area contributed by atoms with Gasteiger partial charge in [-0.3, -0.25) is 0 Å². The van der Waals surface area contributed by atoms with Crippen molar-refractivity contribution in [2.45, 2.75) is 25.1 Å². The molecule has 6 heteroatoms. The SMILES string of the molecule is NCCC[C@H](N)c1cccc(C(F)(F)F)c1F. The number of benzene rings is 1. The van der Waals surface area contributed by atoms with E-state index >= 15 is 0 Å². The average Bonchev–Trinajstić information content (AvgIpc) is 2.24. The van der Waals surface area contributed by atoms with Crippen molar-refractivity contribution >= 4 is 0 Å². The van der Waals surface area contributed by atoms with Crippen LogP contribution in [0, 0.1) is 5.82 Å². The van der Waals surface area contributed by atoms with E-state index in [0.717, 1.165) is 6.07 Å². The van der Waals surface area contributed by atoms with Crippen molar-refractivity contribution in [1.82, 2.24) is 0 Å². The van der Waals surface area contributed by atoms with Crippen LogP contribution in [0.3, 0.4) is 0 Å². The molecule has 96 valence electrons. The summed E-state index contributed by atoms with van der Waals surface area (Å²) in [6, 6.07) is 2.37. The Morgan fingerprint density at radius 2 is 1.88 bits per heavy atom. The molecule has 1 aromatic carbocycles. The number of alkyl halides is 3. The van der Waals surface area contributed by atoms with Gasteiger partial charge in [-0.25, -0.2) is 4.39 Å². The molecule has 0 fully saturated rings. The van der Waals surface area contributed by atoms with Crippen LogP contribution in [0.4, 0.5) is 17.6 Å². The quantitative estimate of drug-likeness (QED) is 0.807. The molecule has 0 aliphatic heterocycles. The van der Waals surface area contributed by atoms with Crippen LogP contribution >= 0.6 is 0 Å². The Balaban J connectivity index is 3.02. The smallest absolute Gasteiger partial charge is 0.330 e. The van der Waals surface area contributed by atoms with E-state index < -0.39 is 23.6 Å². The van der Waals surface area contributed by atoms with Crippen LogP contribution < -0.4 is 11.5 Å². The van der Waals surface area contributed by atoms with Gasteiger partial charge in [0, 0.05) is 11.6 Å². The summed E-state index contributed by atoms with van der Waals surface area (Å²) >= 11 is 0. The summed E-state index contributed by atoms with van der Waals surface area (Å²) in [4.78, 5) is 0. The molecule has 1 rings (SSSR count). The van der Waals surface area contributed by atoms with Crippen LogP contribution in [-0.4, -0.2) is 6.54 Å². The predicted molar refractivity (Wildman–Crippen MR) is 56.6 cm³/mol. The largest absolute Gasteiger partial charge is 0.419 e. The van der Waals surface area contributed by atoms with Crippen molar-refractivity contribution in [1.29, 1.82) is 0 Å². The van der Waals surface area contributed by atoms with Crippen molar-refractivity contribution in [3.63, 3.8) is 0 Å². The van der Waals surface area contributed by atoms with Gasteiger partial charge in [-0.05, 0) is 25.5 Å². The van der Waals surface area contributed by atoms with E-state index in [9.17, 15) is 17.6 Å². The molecule has 0 saturated carbocycles. The lowest BCUT2D eigenvalue weighted by Crippen LogP contribution is -2.17. The fourth-order valence-electron chi connectivity index (χ4n) is 1.55. The summed E-state index contributed by atoms with van der Waals surface area (Å²) in [5.41, 5.74) is 9.50. The fraction of sp³-hybridized carbons (Fsp3) is 0.455. The number of hydrogen-bond acceptors (Lipinski definition) is 2. The molecular weight excluding hydrogens is 236 g/mol. The second-order valence-electron chi connectivity index (χ2n) is 3.74. The molecule has 0 bridgehead atoms. The van der Waals surface area contributed by atoms with E-state index in [2.05, 4.69) is 0 Å². The van der Waals surface area contributed by atoms with Crippen LogP contribution in [0.2, 0.25) is 0 Å². The van der Waals surface area contributed by atoms with Crippen LogP contribution in [0.5, 0.6) is 0 Å². The molecule has 0 spiro atoms. The van der Waals surface area contributed by atoms with Gasteiger partial charge in [-0.15, -0.1) is 0 Å². The zero-order chi connectivity index (χ0) is 13.1. The Bertz CT molecular complexity index is 376. The van der Waals surface area contributed by atoms with Crippen LogP contribution in [0.1, 0.15) is 30.0 Å². The van der Waals surface area contributed by atoms with Crippen LogP contribution in [0.25, 0.3) is 0 Å². The summed E-state index contributed by atoms with van der Waals surface area (Å²) in [7, 11) is 0. The summed E-state index contributed by atoms with van der Waals surface area (Å²) < 4.78 is 50.9. The van der Waals surface area contributed by atoms with E-state index in [1.54, 1.807) is 0 Å². The van der Waals surface area contributed by atoms with Crippen molar-refractivity contribution < 1.29 is 17.6 Å². The highest BCUT2D eigenvalue weighted by molar-refractivity contribution is 5.30. The average molecular weight is 250 g/mol. The minimum atomic E-state index is -4.70. The van der Waals surface area contributed by atoms with E-state index in [1.165, 1.54) is 6.07 Å². The van der Waals surface area contributed by atoms with E-state index in [4.69, 9.17) is 11.5 Å². The highest BCUT2D eigenvalue weighted by atomic mass is 19.4. The first-order valence-corrected chi connectivity index (χ1v) is 5.19. The summed E-state index contributed by atoms with van der Waals surface area (Å²) in [5, 5.41) is 0. The minimum Gasteiger partial charge on any atom is -0.330 e. The molecular formula is C11H14F4N2. The summed E-state index contributed by atoms with van der Waals surface area (Å²) in [6.45, 7) is 0.369. The molecule has 0 aliphatic rings. The fourth-order valence-corrected chi connectivity index (χ4v) is 1.55. The zero-order valence-corrected chi connectivity index (χ0v) is 9.10. The van der Waals surface area contributed by atoms with Crippen molar-refractivity contribution in [3.05, 3.63) is 35.1 Å². The van der Waals surface area contributed by atoms with Gasteiger partial charge in [0.15, 0.2) is 0 Å². The number of hydrogen-bond donors (Lipinski definition) is 2. The molecule has 0 saturated heterocycles. The summed E-state index contributed by atoms with van der Waals surface area (Å²) in [5.74, 6) is -1.29. The third-order valence-electron chi connectivity index (χ3n) is 2.45. The normalized spacial score (nSPS) is 13.8. The molecule has 0 heterocycles. The standard InChI is InChI=1S/C11H14F4N2/c12-10-7(9(17)5-2-6-16)3-1-4-8(10)11(13,14)15/h1,3-4,9H,2,5-6,16-17H2/t9-/m0/s1. The maximum atomic E-state index is 13.6. The minimum absolute atomic E-state index is 0.117. The van der Waals surface area contributed by atoms with Gasteiger partial charge in [0.05, 0.1) is 5.56 Å². The lowest BCUT2D eigenvalue weighted by atomic mass is 9.99. The predicted octanol–water partition coefficient (Wildman–Crippen LogP) is 2.58. The molecule has 0 amide bonds. The maximum Gasteiger partial charge on any atom is 0.419 e. The lowest BCUT2D eigenvalue weighted by molar-refractivity contribution is -0.140. The Kier molecular flexibility index (Phi) is 4.47. The Morgan fingerprint density at radius 3 is 2.41 bits per heavy atom. The monoisotopic (exact) mass is 250 g/mol. The van der Waals surface area contributed by atoms with Crippen molar-refractivity contribution in [2.24, 2.45) is 11.5 Å². The molecule has 2 nitrogen and oxygen atoms in total. The first-order valence-electron chi connectivity index (χ1n) is 5.19. The van der Waals surface area contributed by atoms with Gasteiger partial charge in [-0.1, -0.05) is 12.1 Å². The Hall–Kier alpha value is -1.14. The maximum absolute atomic E-state index is 13.6. The number of rotatable bonds is 4. The topological polar surface area (TPSA) is 52.0 Å².